The number of hydrogen-bond donors (Lipinski definition) is 2. The molecule has 1 aliphatic rings. The summed E-state index contributed by atoms with van der Waals surface area (Å²) in [7, 11) is 1.94. The molecule has 1 saturated heterocycles. The zero-order valence-electron chi connectivity index (χ0n) is 14.6. The number of morpholine rings is 1. The van der Waals surface area contributed by atoms with Crippen molar-refractivity contribution in [2.75, 3.05) is 45.9 Å². The highest BCUT2D eigenvalue weighted by Crippen LogP contribution is 2.03. The Bertz CT molecular complexity index is 481. The molecule has 1 fully saturated rings. The van der Waals surface area contributed by atoms with Crippen LogP contribution in [0.5, 0.6) is 0 Å². The summed E-state index contributed by atoms with van der Waals surface area (Å²) in [5.74, 6) is 0.886. The van der Waals surface area contributed by atoms with E-state index in [1.54, 1.807) is 0 Å². The molecule has 1 atom stereocenters. The zero-order chi connectivity index (χ0) is 16.5. The van der Waals surface area contributed by atoms with Gasteiger partial charge < -0.3 is 15.4 Å². The van der Waals surface area contributed by atoms with Crippen LogP contribution >= 0.6 is 0 Å². The Balaban J connectivity index is 1.76. The van der Waals surface area contributed by atoms with Crippen LogP contribution in [0.4, 0.5) is 0 Å². The Hall–Kier alpha value is -1.60. The molecule has 1 aliphatic heterocycles. The van der Waals surface area contributed by atoms with Crippen molar-refractivity contribution in [3.05, 3.63) is 18.0 Å². The maximum absolute atomic E-state index is 5.40. The predicted octanol–water partition coefficient (Wildman–Crippen LogP) is 0.238. The fraction of sp³-hybridized carbons (Fsp3) is 0.750. The molecule has 2 rings (SSSR count). The van der Waals surface area contributed by atoms with Crippen molar-refractivity contribution in [1.82, 2.24) is 25.3 Å². The van der Waals surface area contributed by atoms with Crippen LogP contribution in [-0.2, 0) is 18.2 Å². The van der Waals surface area contributed by atoms with Crippen molar-refractivity contribution in [2.45, 2.75) is 26.3 Å². The van der Waals surface area contributed by atoms with E-state index < -0.39 is 0 Å². The lowest BCUT2D eigenvalue weighted by Crippen LogP contribution is -2.44. The first kappa shape index (κ1) is 17.7. The Labute approximate surface area is 139 Å². The number of guanidine groups is 1. The molecule has 0 amide bonds. The molecule has 0 aromatic carbocycles. The number of ether oxygens (including phenoxy) is 1. The lowest BCUT2D eigenvalue weighted by atomic mass is 10.2. The molecule has 0 bridgehead atoms. The molecule has 0 saturated carbocycles. The van der Waals surface area contributed by atoms with Crippen LogP contribution in [0.25, 0.3) is 0 Å². The van der Waals surface area contributed by atoms with Crippen LogP contribution in [0.2, 0.25) is 0 Å². The largest absolute Gasteiger partial charge is 0.379 e. The van der Waals surface area contributed by atoms with Gasteiger partial charge in [0.1, 0.15) is 0 Å². The van der Waals surface area contributed by atoms with Crippen molar-refractivity contribution in [3.8, 4) is 0 Å². The average Bonchev–Trinajstić information content (AvgIpc) is 2.98. The van der Waals surface area contributed by atoms with E-state index in [4.69, 9.17) is 9.73 Å². The van der Waals surface area contributed by atoms with Gasteiger partial charge in [0.25, 0.3) is 0 Å². The first-order chi connectivity index (χ1) is 11.2. The van der Waals surface area contributed by atoms with Gasteiger partial charge in [-0.25, -0.2) is 0 Å². The van der Waals surface area contributed by atoms with Gasteiger partial charge in [0.05, 0.1) is 26.0 Å². The number of nitrogens with one attached hydrogen (secondary N) is 2. The van der Waals surface area contributed by atoms with Crippen molar-refractivity contribution >= 4 is 5.96 Å². The van der Waals surface area contributed by atoms with E-state index in [1.165, 1.54) is 5.56 Å². The fourth-order valence-electron chi connectivity index (χ4n) is 2.63. The third kappa shape index (κ3) is 6.19. The van der Waals surface area contributed by atoms with Crippen molar-refractivity contribution in [3.63, 3.8) is 0 Å². The highest BCUT2D eigenvalue weighted by molar-refractivity contribution is 5.79. The number of aliphatic imine (C=N–C) groups is 1. The van der Waals surface area contributed by atoms with Crippen LogP contribution < -0.4 is 10.6 Å². The highest BCUT2D eigenvalue weighted by atomic mass is 16.5. The molecular weight excluding hydrogens is 292 g/mol. The van der Waals surface area contributed by atoms with Crippen LogP contribution in [0, 0.1) is 0 Å². The number of aryl methyl sites for hydroxylation is 1. The first-order valence-electron chi connectivity index (χ1n) is 8.50. The molecule has 7 heteroatoms. The van der Waals surface area contributed by atoms with E-state index in [2.05, 4.69) is 34.5 Å². The van der Waals surface area contributed by atoms with Crippen LogP contribution in [0.15, 0.2) is 17.4 Å². The summed E-state index contributed by atoms with van der Waals surface area (Å²) in [4.78, 5) is 7.15. The lowest BCUT2D eigenvalue weighted by Gasteiger charge is -2.31. The predicted molar refractivity (Wildman–Crippen MR) is 92.7 cm³/mol. The van der Waals surface area contributed by atoms with Gasteiger partial charge in [0.2, 0.25) is 0 Å². The summed E-state index contributed by atoms with van der Waals surface area (Å²) in [5.41, 5.74) is 1.23. The Morgan fingerprint density at radius 3 is 2.83 bits per heavy atom. The monoisotopic (exact) mass is 322 g/mol. The first-order valence-corrected chi connectivity index (χ1v) is 8.50. The Morgan fingerprint density at radius 2 is 2.17 bits per heavy atom. The molecule has 0 spiro atoms. The molecule has 1 aromatic rings. The second-order valence-electron chi connectivity index (χ2n) is 5.92. The number of hydrogen-bond acceptors (Lipinski definition) is 4. The molecule has 23 heavy (non-hydrogen) atoms. The second-order valence-corrected chi connectivity index (χ2v) is 5.92. The third-order valence-corrected chi connectivity index (χ3v) is 3.99. The maximum atomic E-state index is 5.40. The van der Waals surface area contributed by atoms with E-state index in [1.807, 2.05) is 24.1 Å². The van der Waals surface area contributed by atoms with Crippen molar-refractivity contribution in [1.29, 1.82) is 0 Å². The molecule has 130 valence electrons. The van der Waals surface area contributed by atoms with E-state index in [-0.39, 0.29) is 0 Å². The topological polar surface area (TPSA) is 66.7 Å². The lowest BCUT2D eigenvalue weighted by molar-refractivity contribution is 0.0220. The van der Waals surface area contributed by atoms with E-state index in [9.17, 15) is 0 Å². The third-order valence-electron chi connectivity index (χ3n) is 3.99. The minimum atomic E-state index is 0.438. The SMILES string of the molecule is CCNC(=NCC(C)N1CCOCC1)NCCc1cnn(C)c1. The molecule has 7 nitrogen and oxygen atoms in total. The second kappa shape index (κ2) is 9.52. The summed E-state index contributed by atoms with van der Waals surface area (Å²) in [6, 6.07) is 0.438. The minimum absolute atomic E-state index is 0.438. The molecule has 1 aromatic heterocycles. The zero-order valence-corrected chi connectivity index (χ0v) is 14.6. The summed E-state index contributed by atoms with van der Waals surface area (Å²) in [6.45, 7) is 10.5. The van der Waals surface area contributed by atoms with Gasteiger partial charge in [0.15, 0.2) is 5.96 Å². The summed E-state index contributed by atoms with van der Waals surface area (Å²) in [6.07, 6.45) is 4.90. The summed E-state index contributed by atoms with van der Waals surface area (Å²) < 4.78 is 7.23. The number of aromatic nitrogens is 2. The van der Waals surface area contributed by atoms with Crippen molar-refractivity contribution < 1.29 is 4.74 Å². The molecule has 0 aliphatic carbocycles. The Morgan fingerprint density at radius 1 is 1.39 bits per heavy atom. The number of rotatable bonds is 7. The normalized spacial score (nSPS) is 18.0. The van der Waals surface area contributed by atoms with Gasteiger partial charge in [0, 0.05) is 45.5 Å². The standard InChI is InChI=1S/C16H30N6O/c1-4-17-16(18-6-5-15-12-20-21(3)13-15)19-11-14(2)22-7-9-23-10-8-22/h12-14H,4-11H2,1-3H3,(H2,17,18,19). The van der Waals surface area contributed by atoms with Crippen LogP contribution in [0.1, 0.15) is 19.4 Å². The van der Waals surface area contributed by atoms with Gasteiger partial charge in [-0.15, -0.1) is 0 Å². The van der Waals surface area contributed by atoms with E-state index in [0.717, 1.165) is 58.3 Å². The van der Waals surface area contributed by atoms with E-state index in [0.29, 0.717) is 6.04 Å². The van der Waals surface area contributed by atoms with Gasteiger partial charge in [-0.3, -0.25) is 14.6 Å². The molecule has 1 unspecified atom stereocenters. The average molecular weight is 322 g/mol. The maximum Gasteiger partial charge on any atom is 0.191 e. The quantitative estimate of drug-likeness (QED) is 0.556. The molecule has 2 N–H and O–H groups in total. The van der Waals surface area contributed by atoms with Crippen molar-refractivity contribution in [2.24, 2.45) is 12.0 Å². The van der Waals surface area contributed by atoms with Crippen LogP contribution in [-0.4, -0.2) is 72.6 Å². The van der Waals surface area contributed by atoms with Gasteiger partial charge >= 0.3 is 0 Å². The summed E-state index contributed by atoms with van der Waals surface area (Å²) >= 11 is 0. The number of nitrogens with zero attached hydrogens (tertiary/aromatic N) is 4. The molecule has 0 radical (unpaired) electrons. The van der Waals surface area contributed by atoms with Gasteiger partial charge in [-0.05, 0) is 25.8 Å². The van der Waals surface area contributed by atoms with E-state index >= 15 is 0 Å². The smallest absolute Gasteiger partial charge is 0.191 e. The minimum Gasteiger partial charge on any atom is -0.379 e. The summed E-state index contributed by atoms with van der Waals surface area (Å²) in [5, 5.41) is 10.9. The molecular formula is C16H30N6O. The Kier molecular flexibility index (Phi) is 7.35. The highest BCUT2D eigenvalue weighted by Gasteiger charge is 2.16. The van der Waals surface area contributed by atoms with Gasteiger partial charge in [-0.2, -0.15) is 5.10 Å². The molecule has 2 heterocycles. The fourth-order valence-corrected chi connectivity index (χ4v) is 2.63. The van der Waals surface area contributed by atoms with Gasteiger partial charge in [-0.1, -0.05) is 0 Å². The van der Waals surface area contributed by atoms with Crippen LogP contribution in [0.3, 0.4) is 0 Å².